The van der Waals surface area contributed by atoms with Crippen molar-refractivity contribution in [3.63, 3.8) is 0 Å². The van der Waals surface area contributed by atoms with Gasteiger partial charge in [-0.05, 0) is 6.07 Å². The molecule has 0 aliphatic heterocycles. The van der Waals surface area contributed by atoms with Crippen molar-refractivity contribution >= 4 is 11.7 Å². The summed E-state index contributed by atoms with van der Waals surface area (Å²) in [4.78, 5) is 10.6. The van der Waals surface area contributed by atoms with E-state index < -0.39 is 5.97 Å². The summed E-state index contributed by atoms with van der Waals surface area (Å²) in [5, 5.41) is 19.9. The molecule has 80 valence electrons. The van der Waals surface area contributed by atoms with Gasteiger partial charge in [0.2, 0.25) is 0 Å². The highest BCUT2D eigenvalue weighted by Gasteiger charge is 2.13. The summed E-state index contributed by atoms with van der Waals surface area (Å²) in [6, 6.07) is 6.96. The molecule has 0 aliphatic carbocycles. The van der Waals surface area contributed by atoms with Crippen LogP contribution in [0.2, 0.25) is 0 Å². The van der Waals surface area contributed by atoms with Crippen LogP contribution in [0.3, 0.4) is 0 Å². The summed E-state index contributed by atoms with van der Waals surface area (Å²) >= 11 is 0. The van der Waals surface area contributed by atoms with E-state index in [1.807, 2.05) is 0 Å². The van der Waals surface area contributed by atoms with E-state index in [9.17, 15) is 4.79 Å². The van der Waals surface area contributed by atoms with Crippen molar-refractivity contribution in [1.82, 2.24) is 0 Å². The molecule has 0 atom stereocenters. The molecule has 0 aliphatic rings. The standard InChI is InChI=1S/C10H11NO4/c1-15-9-5-3-2-4-7(9)6-8(11-14)10(12)13/h2-5,14H,6H2,1H3,(H,12,13)/b11-8-. The molecule has 1 aromatic rings. The maximum atomic E-state index is 10.6. The van der Waals surface area contributed by atoms with Crippen molar-refractivity contribution in [2.45, 2.75) is 6.42 Å². The second kappa shape index (κ2) is 4.99. The van der Waals surface area contributed by atoms with Crippen LogP contribution in [0.1, 0.15) is 5.56 Å². The second-order valence-electron chi connectivity index (χ2n) is 2.84. The van der Waals surface area contributed by atoms with Gasteiger partial charge in [0, 0.05) is 12.0 Å². The Labute approximate surface area is 86.6 Å². The minimum absolute atomic E-state index is 0.0237. The second-order valence-corrected chi connectivity index (χ2v) is 2.84. The number of hydrogen-bond donors (Lipinski definition) is 2. The average Bonchev–Trinajstić information content (AvgIpc) is 2.25. The van der Waals surface area contributed by atoms with Crippen molar-refractivity contribution in [2.24, 2.45) is 5.16 Å². The first-order valence-corrected chi connectivity index (χ1v) is 4.25. The van der Waals surface area contributed by atoms with Crippen LogP contribution >= 0.6 is 0 Å². The van der Waals surface area contributed by atoms with Crippen LogP contribution in [0.4, 0.5) is 0 Å². The number of benzene rings is 1. The number of methoxy groups -OCH3 is 1. The number of nitrogens with zero attached hydrogens (tertiary/aromatic N) is 1. The molecule has 0 bridgehead atoms. The Kier molecular flexibility index (Phi) is 3.68. The Morgan fingerprint density at radius 1 is 1.47 bits per heavy atom. The lowest BCUT2D eigenvalue weighted by atomic mass is 10.1. The monoisotopic (exact) mass is 209 g/mol. The summed E-state index contributed by atoms with van der Waals surface area (Å²) in [5.74, 6) is -0.677. The summed E-state index contributed by atoms with van der Waals surface area (Å²) in [6.07, 6.45) is 0.0237. The lowest BCUT2D eigenvalue weighted by molar-refractivity contribution is -0.129. The minimum atomic E-state index is -1.25. The van der Waals surface area contributed by atoms with E-state index in [-0.39, 0.29) is 12.1 Å². The Hall–Kier alpha value is -2.04. The number of oxime groups is 1. The Bertz CT molecular complexity index is 387. The van der Waals surface area contributed by atoms with Gasteiger partial charge in [0.25, 0.3) is 0 Å². The molecular formula is C10H11NO4. The lowest BCUT2D eigenvalue weighted by Crippen LogP contribution is -2.16. The van der Waals surface area contributed by atoms with E-state index >= 15 is 0 Å². The molecule has 0 aromatic heterocycles. The summed E-state index contributed by atoms with van der Waals surface area (Å²) in [6.45, 7) is 0. The molecule has 5 nitrogen and oxygen atoms in total. The molecule has 0 saturated heterocycles. The maximum absolute atomic E-state index is 10.6. The Morgan fingerprint density at radius 3 is 2.67 bits per heavy atom. The molecule has 5 heteroatoms. The fraction of sp³-hybridized carbons (Fsp3) is 0.200. The normalized spacial score (nSPS) is 11.1. The van der Waals surface area contributed by atoms with Gasteiger partial charge in [0.15, 0.2) is 5.71 Å². The van der Waals surface area contributed by atoms with Crippen molar-refractivity contribution in [1.29, 1.82) is 0 Å². The number of para-hydroxylation sites is 1. The first kappa shape index (κ1) is 11.0. The number of carboxylic acid groups (broad SMARTS) is 1. The summed E-state index contributed by atoms with van der Waals surface area (Å²) < 4.78 is 5.04. The third-order valence-corrected chi connectivity index (χ3v) is 1.92. The van der Waals surface area contributed by atoms with Crippen LogP contribution in [0.15, 0.2) is 29.4 Å². The number of carboxylic acids is 1. The summed E-state index contributed by atoms with van der Waals surface area (Å²) in [5.41, 5.74) is 0.342. The predicted octanol–water partition coefficient (Wildman–Crippen LogP) is 1.15. The molecule has 0 radical (unpaired) electrons. The van der Waals surface area contributed by atoms with E-state index in [0.29, 0.717) is 11.3 Å². The third kappa shape index (κ3) is 2.70. The number of carbonyl (C=O) groups is 1. The maximum Gasteiger partial charge on any atom is 0.354 e. The third-order valence-electron chi connectivity index (χ3n) is 1.92. The number of ether oxygens (including phenoxy) is 1. The fourth-order valence-electron chi connectivity index (χ4n) is 1.18. The van der Waals surface area contributed by atoms with E-state index in [0.717, 1.165) is 0 Å². The van der Waals surface area contributed by atoms with E-state index in [1.165, 1.54) is 7.11 Å². The van der Waals surface area contributed by atoms with Gasteiger partial charge < -0.3 is 15.1 Å². The Balaban J connectivity index is 2.93. The zero-order chi connectivity index (χ0) is 11.3. The van der Waals surface area contributed by atoms with Gasteiger partial charge in [-0.25, -0.2) is 4.79 Å². The van der Waals surface area contributed by atoms with Gasteiger partial charge in [0.1, 0.15) is 5.75 Å². The van der Waals surface area contributed by atoms with Crippen LogP contribution in [-0.4, -0.2) is 29.1 Å². The van der Waals surface area contributed by atoms with Gasteiger partial charge >= 0.3 is 5.97 Å². The molecule has 1 aromatic carbocycles. The summed E-state index contributed by atoms with van der Waals surface area (Å²) in [7, 11) is 1.50. The predicted molar refractivity (Wildman–Crippen MR) is 53.6 cm³/mol. The zero-order valence-corrected chi connectivity index (χ0v) is 8.17. The number of rotatable bonds is 4. The highest BCUT2D eigenvalue weighted by molar-refractivity contribution is 6.35. The minimum Gasteiger partial charge on any atom is -0.496 e. The Morgan fingerprint density at radius 2 is 2.13 bits per heavy atom. The zero-order valence-electron chi connectivity index (χ0n) is 8.17. The van der Waals surface area contributed by atoms with Crippen LogP contribution in [0, 0.1) is 0 Å². The van der Waals surface area contributed by atoms with Crippen LogP contribution in [0.5, 0.6) is 5.75 Å². The first-order chi connectivity index (χ1) is 7.19. The highest BCUT2D eigenvalue weighted by atomic mass is 16.5. The van der Waals surface area contributed by atoms with Crippen LogP contribution in [-0.2, 0) is 11.2 Å². The van der Waals surface area contributed by atoms with Crippen LogP contribution in [0.25, 0.3) is 0 Å². The van der Waals surface area contributed by atoms with Crippen molar-refractivity contribution < 1.29 is 19.8 Å². The SMILES string of the molecule is COc1ccccc1C/C(=N/O)C(=O)O. The topological polar surface area (TPSA) is 79.1 Å². The van der Waals surface area contributed by atoms with Gasteiger partial charge in [-0.15, -0.1) is 0 Å². The molecule has 0 unspecified atom stereocenters. The average molecular weight is 209 g/mol. The van der Waals surface area contributed by atoms with Crippen molar-refractivity contribution in [3.05, 3.63) is 29.8 Å². The van der Waals surface area contributed by atoms with Gasteiger partial charge in [-0.3, -0.25) is 0 Å². The van der Waals surface area contributed by atoms with Crippen LogP contribution < -0.4 is 4.74 Å². The number of hydrogen-bond acceptors (Lipinski definition) is 4. The molecule has 0 heterocycles. The largest absolute Gasteiger partial charge is 0.496 e. The quantitative estimate of drug-likeness (QED) is 0.443. The molecule has 0 amide bonds. The first-order valence-electron chi connectivity index (χ1n) is 4.25. The van der Waals surface area contributed by atoms with Gasteiger partial charge in [0.05, 0.1) is 7.11 Å². The van der Waals surface area contributed by atoms with E-state index in [1.54, 1.807) is 24.3 Å². The molecule has 15 heavy (non-hydrogen) atoms. The van der Waals surface area contributed by atoms with Gasteiger partial charge in [-0.1, -0.05) is 23.4 Å². The van der Waals surface area contributed by atoms with E-state index in [4.69, 9.17) is 15.1 Å². The van der Waals surface area contributed by atoms with E-state index in [2.05, 4.69) is 5.16 Å². The lowest BCUT2D eigenvalue weighted by Gasteiger charge is -2.06. The van der Waals surface area contributed by atoms with Crippen molar-refractivity contribution in [2.75, 3.05) is 7.11 Å². The molecule has 0 fully saturated rings. The molecule has 0 saturated carbocycles. The fourth-order valence-corrected chi connectivity index (χ4v) is 1.18. The van der Waals surface area contributed by atoms with Crippen molar-refractivity contribution in [3.8, 4) is 5.75 Å². The highest BCUT2D eigenvalue weighted by Crippen LogP contribution is 2.18. The number of aliphatic carboxylic acids is 1. The van der Waals surface area contributed by atoms with Gasteiger partial charge in [-0.2, -0.15) is 0 Å². The smallest absolute Gasteiger partial charge is 0.354 e. The molecule has 1 rings (SSSR count). The molecule has 0 spiro atoms. The molecule has 2 N–H and O–H groups in total. The molecular weight excluding hydrogens is 198 g/mol.